The molecule has 1 fully saturated rings. The summed E-state index contributed by atoms with van der Waals surface area (Å²) in [5, 5.41) is 0. The van der Waals surface area contributed by atoms with Crippen molar-refractivity contribution in [3.8, 4) is 0 Å². The Balaban J connectivity index is 0.000000202. The van der Waals surface area contributed by atoms with E-state index in [0.29, 0.717) is 12.9 Å². The van der Waals surface area contributed by atoms with Crippen molar-refractivity contribution in [1.82, 2.24) is 0 Å². The first kappa shape index (κ1) is 11.8. The molecular weight excluding hydrogens is 160 g/mol. The van der Waals surface area contributed by atoms with E-state index in [1.807, 2.05) is 13.8 Å². The van der Waals surface area contributed by atoms with Gasteiger partial charge >= 0.3 is 0 Å². The normalized spacial score (nSPS) is 22.2. The molecule has 0 spiro atoms. The summed E-state index contributed by atoms with van der Waals surface area (Å²) >= 11 is 0. The van der Waals surface area contributed by atoms with Gasteiger partial charge in [0.25, 0.3) is 0 Å². The zero-order chi connectivity index (χ0) is 9.40. The number of hydrogen-bond acceptors (Lipinski definition) is 4. The van der Waals surface area contributed by atoms with Gasteiger partial charge in [0.05, 0.1) is 12.7 Å². The highest BCUT2D eigenvalue weighted by Gasteiger charge is 2.07. The van der Waals surface area contributed by atoms with E-state index in [9.17, 15) is 0 Å². The summed E-state index contributed by atoms with van der Waals surface area (Å²) in [5.74, 6) is 0. The van der Waals surface area contributed by atoms with Crippen LogP contribution in [0.3, 0.4) is 0 Å². The lowest BCUT2D eigenvalue weighted by Crippen LogP contribution is -2.05. The molecule has 1 rings (SSSR count). The van der Waals surface area contributed by atoms with Crippen LogP contribution in [-0.2, 0) is 18.9 Å². The molecule has 12 heavy (non-hydrogen) atoms. The molecule has 0 aromatic heterocycles. The van der Waals surface area contributed by atoms with Gasteiger partial charge in [-0.05, 0) is 13.8 Å². The first-order valence-electron chi connectivity index (χ1n) is 3.95. The molecule has 0 aliphatic carbocycles. The van der Waals surface area contributed by atoms with Crippen LogP contribution >= 0.6 is 0 Å². The minimum Gasteiger partial charge on any atom is -0.356 e. The molecule has 1 atom stereocenters. The molecule has 4 heteroatoms. The molecule has 0 saturated carbocycles. The smallest absolute Gasteiger partial charge is 0.154 e. The molecule has 0 N–H and O–H groups in total. The third-order valence-corrected chi connectivity index (χ3v) is 1.45. The second kappa shape index (κ2) is 7.49. The zero-order valence-electron chi connectivity index (χ0n) is 8.20. The quantitative estimate of drug-likeness (QED) is 0.591. The predicted octanol–water partition coefficient (Wildman–Crippen LogP) is 1.00. The van der Waals surface area contributed by atoms with Gasteiger partial charge in [-0.25, -0.2) is 0 Å². The largest absolute Gasteiger partial charge is 0.356 e. The van der Waals surface area contributed by atoms with Crippen molar-refractivity contribution in [2.24, 2.45) is 0 Å². The first-order chi connectivity index (χ1) is 5.70. The van der Waals surface area contributed by atoms with Crippen LogP contribution in [-0.4, -0.2) is 40.0 Å². The Bertz CT molecular complexity index is 87.1. The van der Waals surface area contributed by atoms with E-state index >= 15 is 0 Å². The second-order valence-electron chi connectivity index (χ2n) is 2.50. The summed E-state index contributed by atoms with van der Waals surface area (Å²) in [6.45, 7) is 5.08. The fourth-order valence-electron chi connectivity index (χ4n) is 0.523. The van der Waals surface area contributed by atoms with Crippen molar-refractivity contribution in [2.45, 2.75) is 26.2 Å². The van der Waals surface area contributed by atoms with Gasteiger partial charge in [0.15, 0.2) is 6.29 Å². The summed E-state index contributed by atoms with van der Waals surface area (Å²) in [4.78, 5) is 0. The van der Waals surface area contributed by atoms with Crippen LogP contribution in [0.5, 0.6) is 0 Å². The van der Waals surface area contributed by atoms with E-state index in [0.717, 1.165) is 6.61 Å². The molecule has 0 aromatic rings. The minimum absolute atomic E-state index is 0.0648. The Morgan fingerprint density at radius 1 is 1.33 bits per heavy atom. The van der Waals surface area contributed by atoms with Crippen molar-refractivity contribution >= 4 is 0 Å². The molecule has 0 aromatic carbocycles. The van der Waals surface area contributed by atoms with Gasteiger partial charge in [-0.2, -0.15) is 0 Å². The Hall–Kier alpha value is -0.160. The van der Waals surface area contributed by atoms with E-state index in [-0.39, 0.29) is 6.29 Å². The molecule has 1 aliphatic rings. The molecule has 1 aliphatic heterocycles. The Labute approximate surface area is 73.7 Å². The average molecular weight is 178 g/mol. The molecule has 0 amide bonds. The van der Waals surface area contributed by atoms with Gasteiger partial charge in [-0.3, -0.25) is 0 Å². The minimum atomic E-state index is -0.0648. The zero-order valence-corrected chi connectivity index (χ0v) is 8.20. The molecule has 0 radical (unpaired) electrons. The van der Waals surface area contributed by atoms with Crippen molar-refractivity contribution in [3.63, 3.8) is 0 Å². The summed E-state index contributed by atoms with van der Waals surface area (Å²) in [5.41, 5.74) is 0. The molecule has 74 valence electrons. The Kier molecular flexibility index (Phi) is 7.39. The average Bonchev–Trinajstić information content (AvgIpc) is 2.55. The summed E-state index contributed by atoms with van der Waals surface area (Å²) in [6.07, 6.45) is 0.259. The van der Waals surface area contributed by atoms with Gasteiger partial charge < -0.3 is 18.9 Å². The van der Waals surface area contributed by atoms with Crippen molar-refractivity contribution in [3.05, 3.63) is 0 Å². The highest BCUT2D eigenvalue weighted by atomic mass is 16.7. The fourth-order valence-corrected chi connectivity index (χ4v) is 0.523. The number of ether oxygens (including phenoxy) is 4. The van der Waals surface area contributed by atoms with Gasteiger partial charge in [0.1, 0.15) is 6.79 Å². The standard InChI is InChI=1S/C4H8O2.C4H10O2/c1-4-2-5-3-6-4;1-4(5-2)6-3/h4H,2-3H2,1H3;4H,1-3H3. The Morgan fingerprint density at radius 3 is 2.00 bits per heavy atom. The van der Waals surface area contributed by atoms with Gasteiger partial charge in [-0.15, -0.1) is 0 Å². The van der Waals surface area contributed by atoms with Crippen LogP contribution in [0.1, 0.15) is 13.8 Å². The van der Waals surface area contributed by atoms with Crippen LogP contribution in [0.4, 0.5) is 0 Å². The monoisotopic (exact) mass is 178 g/mol. The number of methoxy groups -OCH3 is 2. The summed E-state index contributed by atoms with van der Waals surface area (Å²) in [7, 11) is 3.21. The van der Waals surface area contributed by atoms with Crippen molar-refractivity contribution in [2.75, 3.05) is 27.6 Å². The topological polar surface area (TPSA) is 36.9 Å². The van der Waals surface area contributed by atoms with Gasteiger partial charge in [-0.1, -0.05) is 0 Å². The van der Waals surface area contributed by atoms with E-state index in [1.165, 1.54) is 0 Å². The van der Waals surface area contributed by atoms with E-state index in [2.05, 4.69) is 9.47 Å². The van der Waals surface area contributed by atoms with Gasteiger partial charge in [0, 0.05) is 14.2 Å². The number of rotatable bonds is 2. The van der Waals surface area contributed by atoms with Crippen LogP contribution < -0.4 is 0 Å². The highest BCUT2D eigenvalue weighted by Crippen LogP contribution is 1.98. The molecule has 0 bridgehead atoms. The molecular formula is C8H18O4. The summed E-state index contributed by atoms with van der Waals surface area (Å²) < 4.78 is 19.1. The Morgan fingerprint density at radius 2 is 1.92 bits per heavy atom. The van der Waals surface area contributed by atoms with Crippen LogP contribution in [0.2, 0.25) is 0 Å². The van der Waals surface area contributed by atoms with Crippen molar-refractivity contribution in [1.29, 1.82) is 0 Å². The third kappa shape index (κ3) is 6.54. The van der Waals surface area contributed by atoms with Crippen molar-refractivity contribution < 1.29 is 18.9 Å². The maximum Gasteiger partial charge on any atom is 0.154 e. The maximum atomic E-state index is 4.93. The first-order valence-corrected chi connectivity index (χ1v) is 3.95. The fraction of sp³-hybridized carbons (Fsp3) is 1.00. The van der Waals surface area contributed by atoms with Crippen LogP contribution in [0.25, 0.3) is 0 Å². The summed E-state index contributed by atoms with van der Waals surface area (Å²) in [6, 6.07) is 0. The van der Waals surface area contributed by atoms with E-state index < -0.39 is 0 Å². The maximum absolute atomic E-state index is 4.93. The second-order valence-corrected chi connectivity index (χ2v) is 2.50. The number of hydrogen-bond donors (Lipinski definition) is 0. The molecule has 1 heterocycles. The molecule has 1 unspecified atom stereocenters. The SMILES string of the molecule is CC1COCO1.COC(C)OC. The lowest BCUT2D eigenvalue weighted by Gasteiger charge is -2.03. The van der Waals surface area contributed by atoms with E-state index in [1.54, 1.807) is 14.2 Å². The highest BCUT2D eigenvalue weighted by molar-refractivity contribution is 4.47. The lowest BCUT2D eigenvalue weighted by molar-refractivity contribution is -0.0877. The van der Waals surface area contributed by atoms with Crippen LogP contribution in [0.15, 0.2) is 0 Å². The van der Waals surface area contributed by atoms with E-state index in [4.69, 9.17) is 9.47 Å². The van der Waals surface area contributed by atoms with Crippen LogP contribution in [0, 0.1) is 0 Å². The lowest BCUT2D eigenvalue weighted by atomic mass is 10.5. The third-order valence-electron chi connectivity index (χ3n) is 1.45. The predicted molar refractivity (Wildman–Crippen MR) is 44.8 cm³/mol. The molecule has 4 nitrogen and oxygen atoms in total. The van der Waals surface area contributed by atoms with Gasteiger partial charge in [0.2, 0.25) is 0 Å². The molecule has 1 saturated heterocycles.